The molecule has 1 N–H and O–H groups in total. The van der Waals surface area contributed by atoms with Crippen molar-refractivity contribution in [1.29, 1.82) is 0 Å². The number of ether oxygens (including phenoxy) is 1. The molecule has 0 saturated heterocycles. The first-order chi connectivity index (χ1) is 10.1. The maximum absolute atomic E-state index is 9.55. The summed E-state index contributed by atoms with van der Waals surface area (Å²) in [5.74, 6) is 0.672. The van der Waals surface area contributed by atoms with E-state index < -0.39 is 0 Å². The molecule has 0 aromatic heterocycles. The van der Waals surface area contributed by atoms with Crippen LogP contribution in [0.4, 0.5) is 0 Å². The average molecular weight is 283 g/mol. The Balaban J connectivity index is 1.96. The molecule has 0 aliphatic rings. The molecule has 2 aromatic carbocycles. The molecule has 2 aromatic rings. The highest BCUT2D eigenvalue weighted by atomic mass is 16.5. The number of phenols is 1. The van der Waals surface area contributed by atoms with Gasteiger partial charge in [-0.25, -0.2) is 0 Å². The molecule has 0 heterocycles. The molecular weight excluding hydrogens is 262 g/mol. The van der Waals surface area contributed by atoms with E-state index in [2.05, 4.69) is 37.0 Å². The number of methoxy groups -OCH3 is 1. The molecule has 0 aliphatic carbocycles. The lowest BCUT2D eigenvalue weighted by molar-refractivity contribution is 0.373. The molecule has 110 valence electrons. The third kappa shape index (κ3) is 4.09. The molecule has 0 bridgehead atoms. The zero-order chi connectivity index (χ0) is 15.2. The van der Waals surface area contributed by atoms with Crippen molar-refractivity contribution in [3.05, 3.63) is 58.7 Å². The van der Waals surface area contributed by atoms with Crippen molar-refractivity contribution in [2.75, 3.05) is 13.7 Å². The van der Waals surface area contributed by atoms with Gasteiger partial charge in [0.1, 0.15) is 0 Å². The lowest BCUT2D eigenvalue weighted by atomic mass is 10.1. The first-order valence-corrected chi connectivity index (χ1v) is 7.03. The van der Waals surface area contributed by atoms with Gasteiger partial charge < -0.3 is 9.84 Å². The fourth-order valence-electron chi connectivity index (χ4n) is 2.20. The van der Waals surface area contributed by atoms with Crippen LogP contribution in [0, 0.1) is 13.8 Å². The third-order valence-corrected chi connectivity index (χ3v) is 3.43. The normalized spacial score (nSPS) is 11.0. The molecule has 0 spiro atoms. The first-order valence-electron chi connectivity index (χ1n) is 7.03. The maximum Gasteiger partial charge on any atom is 0.160 e. The highest BCUT2D eigenvalue weighted by Crippen LogP contribution is 2.26. The van der Waals surface area contributed by atoms with Crippen molar-refractivity contribution < 1.29 is 9.84 Å². The van der Waals surface area contributed by atoms with Crippen molar-refractivity contribution in [3.8, 4) is 11.5 Å². The van der Waals surface area contributed by atoms with E-state index in [1.807, 2.05) is 18.3 Å². The highest BCUT2D eigenvalue weighted by molar-refractivity contribution is 5.81. The van der Waals surface area contributed by atoms with Gasteiger partial charge in [-0.05, 0) is 49.1 Å². The summed E-state index contributed by atoms with van der Waals surface area (Å²) in [6.07, 6.45) is 2.74. The van der Waals surface area contributed by atoms with Crippen LogP contribution in [0.5, 0.6) is 11.5 Å². The van der Waals surface area contributed by atoms with Gasteiger partial charge in [0.15, 0.2) is 11.5 Å². The maximum atomic E-state index is 9.55. The van der Waals surface area contributed by atoms with Gasteiger partial charge in [0, 0.05) is 12.8 Å². The molecular formula is C18H21NO2. The van der Waals surface area contributed by atoms with Crippen LogP contribution < -0.4 is 4.74 Å². The molecule has 3 nitrogen and oxygen atoms in total. The molecule has 0 aliphatic heterocycles. The van der Waals surface area contributed by atoms with E-state index in [0.717, 1.165) is 17.5 Å². The van der Waals surface area contributed by atoms with E-state index in [9.17, 15) is 5.11 Å². The molecule has 0 saturated carbocycles. The minimum Gasteiger partial charge on any atom is -0.504 e. The van der Waals surface area contributed by atoms with E-state index >= 15 is 0 Å². The number of hydrogen-bond acceptors (Lipinski definition) is 3. The summed E-state index contributed by atoms with van der Waals surface area (Å²) in [6.45, 7) is 4.90. The lowest BCUT2D eigenvalue weighted by Gasteiger charge is -2.05. The van der Waals surface area contributed by atoms with Gasteiger partial charge in [-0.3, -0.25) is 4.99 Å². The minimum absolute atomic E-state index is 0.167. The minimum atomic E-state index is 0.167. The molecule has 0 radical (unpaired) electrons. The molecule has 2 rings (SSSR count). The fourth-order valence-corrected chi connectivity index (χ4v) is 2.20. The van der Waals surface area contributed by atoms with Gasteiger partial charge in [-0.15, -0.1) is 0 Å². The Kier molecular flexibility index (Phi) is 4.99. The van der Waals surface area contributed by atoms with Crippen LogP contribution in [-0.2, 0) is 6.42 Å². The zero-order valence-electron chi connectivity index (χ0n) is 12.8. The van der Waals surface area contributed by atoms with E-state index in [4.69, 9.17) is 4.74 Å². The summed E-state index contributed by atoms with van der Waals surface area (Å²) < 4.78 is 5.10. The smallest absolute Gasteiger partial charge is 0.160 e. The van der Waals surface area contributed by atoms with Gasteiger partial charge in [0.25, 0.3) is 0 Å². The largest absolute Gasteiger partial charge is 0.504 e. The van der Waals surface area contributed by atoms with Crippen molar-refractivity contribution in [3.63, 3.8) is 0 Å². The number of aliphatic imine (C=N–C) groups is 1. The quantitative estimate of drug-likeness (QED) is 0.850. The van der Waals surface area contributed by atoms with E-state index in [-0.39, 0.29) is 5.75 Å². The zero-order valence-corrected chi connectivity index (χ0v) is 12.8. The SMILES string of the molecule is COc1cc(CC/N=C/c2ccc(C)cc2C)ccc1O. The van der Waals surface area contributed by atoms with E-state index in [1.54, 1.807) is 13.2 Å². The number of nitrogens with zero attached hydrogens (tertiary/aromatic N) is 1. The topological polar surface area (TPSA) is 41.8 Å². The number of benzene rings is 2. The monoisotopic (exact) mass is 283 g/mol. The number of hydrogen-bond donors (Lipinski definition) is 1. The van der Waals surface area contributed by atoms with Crippen LogP contribution in [0.25, 0.3) is 0 Å². The molecule has 21 heavy (non-hydrogen) atoms. The Bertz CT molecular complexity index is 648. The molecule has 0 unspecified atom stereocenters. The van der Waals surface area contributed by atoms with Gasteiger partial charge in [-0.1, -0.05) is 29.8 Å². The predicted octanol–water partition coefficient (Wildman–Crippen LogP) is 3.68. The Hall–Kier alpha value is -2.29. The molecule has 3 heteroatoms. The van der Waals surface area contributed by atoms with Crippen molar-refractivity contribution in [2.45, 2.75) is 20.3 Å². The summed E-state index contributed by atoms with van der Waals surface area (Å²) in [5, 5.41) is 9.55. The Morgan fingerprint density at radius 2 is 1.95 bits per heavy atom. The number of aromatic hydroxyl groups is 1. The molecule has 0 amide bonds. The fraction of sp³-hybridized carbons (Fsp3) is 0.278. The molecule has 0 atom stereocenters. The van der Waals surface area contributed by atoms with Crippen molar-refractivity contribution in [2.24, 2.45) is 4.99 Å². The van der Waals surface area contributed by atoms with E-state index in [1.165, 1.54) is 11.1 Å². The van der Waals surface area contributed by atoms with Gasteiger partial charge in [0.2, 0.25) is 0 Å². The third-order valence-electron chi connectivity index (χ3n) is 3.43. The van der Waals surface area contributed by atoms with Crippen LogP contribution in [0.15, 0.2) is 41.4 Å². The summed E-state index contributed by atoms with van der Waals surface area (Å²) in [5.41, 5.74) is 4.76. The number of aryl methyl sites for hydroxylation is 2. The Morgan fingerprint density at radius 1 is 1.14 bits per heavy atom. The highest BCUT2D eigenvalue weighted by Gasteiger charge is 2.02. The van der Waals surface area contributed by atoms with Crippen LogP contribution >= 0.6 is 0 Å². The summed E-state index contributed by atoms with van der Waals surface area (Å²) in [6, 6.07) is 11.7. The van der Waals surface area contributed by atoms with Gasteiger partial charge >= 0.3 is 0 Å². The first kappa shape index (κ1) is 15.1. The van der Waals surface area contributed by atoms with Crippen LogP contribution in [0.3, 0.4) is 0 Å². The van der Waals surface area contributed by atoms with Crippen molar-refractivity contribution >= 4 is 6.21 Å². The number of rotatable bonds is 5. The Morgan fingerprint density at radius 3 is 2.67 bits per heavy atom. The summed E-state index contributed by atoms with van der Waals surface area (Å²) in [4.78, 5) is 4.48. The lowest BCUT2D eigenvalue weighted by Crippen LogP contribution is -1.94. The van der Waals surface area contributed by atoms with Gasteiger partial charge in [-0.2, -0.15) is 0 Å². The average Bonchev–Trinajstić information content (AvgIpc) is 2.47. The van der Waals surface area contributed by atoms with Crippen LogP contribution in [0.2, 0.25) is 0 Å². The summed E-state index contributed by atoms with van der Waals surface area (Å²) >= 11 is 0. The van der Waals surface area contributed by atoms with Crippen LogP contribution in [-0.4, -0.2) is 25.0 Å². The van der Waals surface area contributed by atoms with Crippen LogP contribution in [0.1, 0.15) is 22.3 Å². The van der Waals surface area contributed by atoms with Crippen molar-refractivity contribution in [1.82, 2.24) is 0 Å². The van der Waals surface area contributed by atoms with Gasteiger partial charge in [0.05, 0.1) is 7.11 Å². The second kappa shape index (κ2) is 6.93. The molecule has 0 fully saturated rings. The second-order valence-electron chi connectivity index (χ2n) is 5.15. The van der Waals surface area contributed by atoms with E-state index in [0.29, 0.717) is 12.3 Å². The second-order valence-corrected chi connectivity index (χ2v) is 5.15. The standard InChI is InChI=1S/C18H21NO2/c1-13-4-6-16(14(2)10-13)12-19-9-8-15-5-7-17(20)18(11-15)21-3/h4-7,10-12,20H,8-9H2,1-3H3/b19-12+. The number of phenolic OH excluding ortho intramolecular Hbond substituents is 1. The summed E-state index contributed by atoms with van der Waals surface area (Å²) in [7, 11) is 1.55. The predicted molar refractivity (Wildman–Crippen MR) is 86.7 cm³/mol. The Labute approximate surface area is 125 Å².